The number of ether oxygens (including phenoxy) is 2. The molecule has 0 radical (unpaired) electrons. The van der Waals surface area contributed by atoms with Crippen molar-refractivity contribution in [3.63, 3.8) is 0 Å². The first-order valence-corrected chi connectivity index (χ1v) is 8.22. The number of rotatable bonds is 8. The molecule has 0 aliphatic rings. The van der Waals surface area contributed by atoms with Gasteiger partial charge in [-0.25, -0.2) is 0 Å². The molecule has 2 rings (SSSR count). The quantitative estimate of drug-likeness (QED) is 0.675. The van der Waals surface area contributed by atoms with E-state index in [9.17, 15) is 4.79 Å². The maximum absolute atomic E-state index is 12.4. The molecule has 1 amide bonds. The molecule has 0 saturated carbocycles. The minimum atomic E-state index is -0.125. The van der Waals surface area contributed by atoms with Crippen LogP contribution in [0.5, 0.6) is 11.5 Å². The summed E-state index contributed by atoms with van der Waals surface area (Å²) in [5.74, 6) is 1.02. The highest BCUT2D eigenvalue weighted by Gasteiger charge is 2.15. The monoisotopic (exact) mass is 351 g/mol. The van der Waals surface area contributed by atoms with Crippen molar-refractivity contribution in [3.05, 3.63) is 58.3 Å². The van der Waals surface area contributed by atoms with Crippen molar-refractivity contribution in [2.24, 2.45) is 0 Å². The van der Waals surface area contributed by atoms with E-state index < -0.39 is 0 Å². The molecule has 6 heteroatoms. The van der Waals surface area contributed by atoms with E-state index in [0.29, 0.717) is 28.9 Å². The number of thiophene rings is 1. The number of carbonyl (C=O) groups is 1. The Morgan fingerprint density at radius 2 is 2.04 bits per heavy atom. The molecule has 2 aromatic rings. The second-order valence-corrected chi connectivity index (χ2v) is 6.51. The first kappa shape index (κ1) is 17.4. The van der Waals surface area contributed by atoms with Gasteiger partial charge >= 0.3 is 0 Å². The van der Waals surface area contributed by atoms with Gasteiger partial charge in [-0.2, -0.15) is 0 Å². The molecule has 0 aliphatic heterocycles. The highest BCUT2D eigenvalue weighted by atomic mass is 35.5. The van der Waals surface area contributed by atoms with E-state index in [2.05, 4.69) is 6.58 Å². The fourth-order valence-corrected chi connectivity index (χ4v) is 3.11. The molecule has 0 saturated heterocycles. The van der Waals surface area contributed by atoms with E-state index in [0.717, 1.165) is 4.88 Å². The molecule has 0 atom stereocenters. The highest BCUT2D eigenvalue weighted by molar-refractivity contribution is 7.16. The van der Waals surface area contributed by atoms with E-state index in [1.54, 1.807) is 30.2 Å². The number of benzene rings is 1. The molecule has 1 aromatic carbocycles. The number of halogens is 1. The standard InChI is InChI=1S/C17H18ClNO3S/c1-3-10-19(11-13-8-9-16(18)23-13)17(20)12-22-15-7-5-4-6-14(15)21-2/h3-9H,1,10-12H2,2H3. The van der Waals surface area contributed by atoms with Crippen LogP contribution in [0.4, 0.5) is 0 Å². The first-order valence-electron chi connectivity index (χ1n) is 7.02. The van der Waals surface area contributed by atoms with Gasteiger partial charge in [-0.1, -0.05) is 29.8 Å². The Morgan fingerprint density at radius 1 is 1.30 bits per heavy atom. The lowest BCUT2D eigenvalue weighted by Crippen LogP contribution is -2.34. The molecule has 0 N–H and O–H groups in total. The second-order valence-electron chi connectivity index (χ2n) is 4.71. The van der Waals surface area contributed by atoms with E-state index in [4.69, 9.17) is 21.1 Å². The Hall–Kier alpha value is -1.98. The zero-order valence-corrected chi connectivity index (χ0v) is 14.4. The van der Waals surface area contributed by atoms with Crippen molar-refractivity contribution in [1.29, 1.82) is 0 Å². The second kappa shape index (κ2) is 8.60. The molecule has 0 fully saturated rings. The van der Waals surface area contributed by atoms with Crippen LogP contribution in [0.25, 0.3) is 0 Å². The van der Waals surface area contributed by atoms with E-state index in [1.165, 1.54) is 11.3 Å². The van der Waals surface area contributed by atoms with Gasteiger partial charge in [0.15, 0.2) is 18.1 Å². The van der Waals surface area contributed by atoms with Crippen LogP contribution in [0.1, 0.15) is 4.88 Å². The fraction of sp³-hybridized carbons (Fsp3) is 0.235. The molecule has 4 nitrogen and oxygen atoms in total. The van der Waals surface area contributed by atoms with Crippen molar-refractivity contribution in [3.8, 4) is 11.5 Å². The SMILES string of the molecule is C=CCN(Cc1ccc(Cl)s1)C(=O)COc1ccccc1OC. The molecule has 122 valence electrons. The summed E-state index contributed by atoms with van der Waals surface area (Å²) in [7, 11) is 1.56. The third-order valence-corrected chi connectivity index (χ3v) is 4.31. The van der Waals surface area contributed by atoms with Gasteiger partial charge in [0.05, 0.1) is 18.0 Å². The molecule has 0 bridgehead atoms. The van der Waals surface area contributed by atoms with Gasteiger partial charge in [-0.05, 0) is 24.3 Å². The molecule has 1 aromatic heterocycles. The third-order valence-electron chi connectivity index (χ3n) is 3.10. The predicted octanol–water partition coefficient (Wildman–Crippen LogP) is 4.00. The van der Waals surface area contributed by atoms with Crippen LogP contribution in [-0.4, -0.2) is 31.1 Å². The van der Waals surface area contributed by atoms with Gasteiger partial charge in [0.25, 0.3) is 5.91 Å². The van der Waals surface area contributed by atoms with Crippen LogP contribution >= 0.6 is 22.9 Å². The maximum atomic E-state index is 12.4. The number of methoxy groups -OCH3 is 1. The smallest absolute Gasteiger partial charge is 0.261 e. The number of carbonyl (C=O) groups excluding carboxylic acids is 1. The summed E-state index contributed by atoms with van der Waals surface area (Å²) in [6.07, 6.45) is 1.69. The van der Waals surface area contributed by atoms with Crippen molar-refractivity contribution in [2.45, 2.75) is 6.54 Å². The lowest BCUT2D eigenvalue weighted by atomic mass is 10.3. The van der Waals surface area contributed by atoms with E-state index >= 15 is 0 Å². The molecular formula is C17H18ClNO3S. The van der Waals surface area contributed by atoms with Gasteiger partial charge < -0.3 is 14.4 Å². The van der Waals surface area contributed by atoms with Gasteiger partial charge in [0.1, 0.15) is 0 Å². The summed E-state index contributed by atoms with van der Waals surface area (Å²) in [5.41, 5.74) is 0. The first-order chi connectivity index (χ1) is 11.1. The van der Waals surface area contributed by atoms with Crippen LogP contribution in [0, 0.1) is 0 Å². The number of hydrogen-bond acceptors (Lipinski definition) is 4. The Labute approximate surface area is 144 Å². The van der Waals surface area contributed by atoms with Crippen LogP contribution in [-0.2, 0) is 11.3 Å². The van der Waals surface area contributed by atoms with Crippen LogP contribution in [0.15, 0.2) is 49.1 Å². The third kappa shape index (κ3) is 5.01. The molecule has 0 spiro atoms. The number of hydrogen-bond donors (Lipinski definition) is 0. The summed E-state index contributed by atoms with van der Waals surface area (Å²) in [6, 6.07) is 11.0. The average molecular weight is 352 g/mol. The Bertz CT molecular complexity index is 671. The van der Waals surface area contributed by atoms with Gasteiger partial charge in [0.2, 0.25) is 0 Å². The fourth-order valence-electron chi connectivity index (χ4n) is 2.00. The Kier molecular flexibility index (Phi) is 6.50. The Balaban J connectivity index is 1.99. The number of para-hydroxylation sites is 2. The zero-order chi connectivity index (χ0) is 16.7. The maximum Gasteiger partial charge on any atom is 0.261 e. The van der Waals surface area contributed by atoms with Crippen molar-refractivity contribution >= 4 is 28.8 Å². The summed E-state index contributed by atoms with van der Waals surface area (Å²) in [6.45, 7) is 4.57. The zero-order valence-electron chi connectivity index (χ0n) is 12.8. The largest absolute Gasteiger partial charge is 0.493 e. The highest BCUT2D eigenvalue weighted by Crippen LogP contribution is 2.26. The molecule has 0 aliphatic carbocycles. The van der Waals surface area contributed by atoms with Gasteiger partial charge in [0, 0.05) is 11.4 Å². The van der Waals surface area contributed by atoms with E-state index in [-0.39, 0.29) is 12.5 Å². The van der Waals surface area contributed by atoms with Crippen molar-refractivity contribution in [2.75, 3.05) is 20.3 Å². The normalized spacial score (nSPS) is 10.2. The summed E-state index contributed by atoms with van der Waals surface area (Å²) in [5, 5.41) is 0. The van der Waals surface area contributed by atoms with E-state index in [1.807, 2.05) is 24.3 Å². The van der Waals surface area contributed by atoms with Crippen LogP contribution in [0.2, 0.25) is 4.34 Å². The summed E-state index contributed by atoms with van der Waals surface area (Å²) >= 11 is 7.39. The topological polar surface area (TPSA) is 38.8 Å². The average Bonchev–Trinajstić information content (AvgIpc) is 2.97. The van der Waals surface area contributed by atoms with Crippen LogP contribution < -0.4 is 9.47 Å². The molecule has 1 heterocycles. The minimum absolute atomic E-state index is 0.0622. The minimum Gasteiger partial charge on any atom is -0.493 e. The van der Waals surface area contributed by atoms with Gasteiger partial charge in [-0.3, -0.25) is 4.79 Å². The van der Waals surface area contributed by atoms with Gasteiger partial charge in [-0.15, -0.1) is 17.9 Å². The predicted molar refractivity (Wildman–Crippen MR) is 93.4 cm³/mol. The summed E-state index contributed by atoms with van der Waals surface area (Å²) in [4.78, 5) is 15.1. The number of amides is 1. The molecule has 0 unspecified atom stereocenters. The number of nitrogens with zero attached hydrogens (tertiary/aromatic N) is 1. The van der Waals surface area contributed by atoms with Crippen LogP contribution in [0.3, 0.4) is 0 Å². The lowest BCUT2D eigenvalue weighted by molar-refractivity contribution is -0.133. The van der Waals surface area contributed by atoms with Crippen molar-refractivity contribution < 1.29 is 14.3 Å². The lowest BCUT2D eigenvalue weighted by Gasteiger charge is -2.21. The van der Waals surface area contributed by atoms with Crippen molar-refractivity contribution in [1.82, 2.24) is 4.90 Å². The molecular weight excluding hydrogens is 334 g/mol. The Morgan fingerprint density at radius 3 is 2.65 bits per heavy atom. The molecule has 23 heavy (non-hydrogen) atoms. The summed E-state index contributed by atoms with van der Waals surface area (Å²) < 4.78 is 11.5.